The van der Waals surface area contributed by atoms with Gasteiger partial charge in [-0.2, -0.15) is 13.2 Å². The van der Waals surface area contributed by atoms with Gasteiger partial charge in [-0.1, -0.05) is 6.07 Å². The zero-order valence-corrected chi connectivity index (χ0v) is 16.2. The number of halogens is 3. The fraction of sp³-hybridized carbons (Fsp3) is 0.400. The van der Waals surface area contributed by atoms with Crippen LogP contribution in [0.1, 0.15) is 22.3 Å². The number of aromatic nitrogens is 1. The highest BCUT2D eigenvalue weighted by molar-refractivity contribution is 5.97. The van der Waals surface area contributed by atoms with Gasteiger partial charge in [-0.3, -0.25) is 4.79 Å². The normalized spacial score (nSPS) is 15.1. The second-order valence-corrected chi connectivity index (χ2v) is 6.58. The van der Waals surface area contributed by atoms with Crippen molar-refractivity contribution in [3.05, 3.63) is 47.7 Å². The third kappa shape index (κ3) is 4.55. The van der Waals surface area contributed by atoms with Crippen LogP contribution in [0.3, 0.4) is 0 Å². The first kappa shape index (κ1) is 20.8. The second-order valence-electron chi connectivity index (χ2n) is 6.58. The van der Waals surface area contributed by atoms with E-state index in [0.717, 1.165) is 12.3 Å². The molecule has 0 saturated carbocycles. The Balaban J connectivity index is 1.72. The van der Waals surface area contributed by atoms with Crippen molar-refractivity contribution in [1.82, 2.24) is 9.88 Å². The highest BCUT2D eigenvalue weighted by Crippen LogP contribution is 2.32. The Hall–Kier alpha value is -2.97. The van der Waals surface area contributed by atoms with Crippen molar-refractivity contribution in [1.29, 1.82) is 0 Å². The first-order valence-corrected chi connectivity index (χ1v) is 9.13. The van der Waals surface area contributed by atoms with Crippen molar-refractivity contribution >= 4 is 11.7 Å². The van der Waals surface area contributed by atoms with E-state index in [0.29, 0.717) is 55.5 Å². The van der Waals surface area contributed by atoms with Gasteiger partial charge in [0.25, 0.3) is 5.91 Å². The minimum atomic E-state index is -4.41. The number of hydrogen-bond acceptors (Lipinski definition) is 5. The molecule has 1 aromatic carbocycles. The Morgan fingerprint density at radius 1 is 1.03 bits per heavy atom. The van der Waals surface area contributed by atoms with Gasteiger partial charge in [-0.15, -0.1) is 0 Å². The molecule has 0 atom stereocenters. The number of amides is 1. The molecule has 0 bridgehead atoms. The molecular weight excluding hydrogens is 387 g/mol. The number of benzene rings is 1. The molecule has 1 fully saturated rings. The number of methoxy groups -OCH3 is 2. The predicted octanol–water partition coefficient (Wildman–Crippen LogP) is 3.47. The molecule has 0 N–H and O–H groups in total. The summed E-state index contributed by atoms with van der Waals surface area (Å²) in [5, 5.41) is 0. The van der Waals surface area contributed by atoms with Crippen molar-refractivity contribution in [2.45, 2.75) is 12.6 Å². The summed E-state index contributed by atoms with van der Waals surface area (Å²) in [6.07, 6.45) is -2.91. The molecule has 0 aliphatic carbocycles. The maximum atomic E-state index is 13.0. The summed E-state index contributed by atoms with van der Waals surface area (Å²) in [5.41, 5.74) is -0.369. The average molecular weight is 409 g/mol. The molecule has 1 aliphatic heterocycles. The molecule has 29 heavy (non-hydrogen) atoms. The van der Waals surface area contributed by atoms with E-state index in [1.165, 1.54) is 20.3 Å². The quantitative estimate of drug-likeness (QED) is 0.774. The fourth-order valence-electron chi connectivity index (χ4n) is 3.32. The molecule has 1 aliphatic rings. The lowest BCUT2D eigenvalue weighted by Crippen LogP contribution is -2.35. The number of hydrogen-bond donors (Lipinski definition) is 0. The molecule has 156 valence electrons. The van der Waals surface area contributed by atoms with Gasteiger partial charge in [0.1, 0.15) is 5.82 Å². The van der Waals surface area contributed by atoms with Gasteiger partial charge in [0.15, 0.2) is 11.5 Å². The molecule has 2 heterocycles. The Kier molecular flexibility index (Phi) is 6.14. The van der Waals surface area contributed by atoms with Crippen LogP contribution in [0.15, 0.2) is 36.5 Å². The van der Waals surface area contributed by atoms with Crippen molar-refractivity contribution in [3.63, 3.8) is 0 Å². The smallest absolute Gasteiger partial charge is 0.417 e. The molecule has 1 aromatic heterocycles. The van der Waals surface area contributed by atoms with Crippen molar-refractivity contribution in [3.8, 4) is 11.5 Å². The van der Waals surface area contributed by atoms with E-state index in [1.807, 2.05) is 4.90 Å². The highest BCUT2D eigenvalue weighted by atomic mass is 19.4. The van der Waals surface area contributed by atoms with E-state index in [2.05, 4.69) is 4.98 Å². The number of nitrogens with zero attached hydrogens (tertiary/aromatic N) is 3. The van der Waals surface area contributed by atoms with Crippen LogP contribution < -0.4 is 14.4 Å². The lowest BCUT2D eigenvalue weighted by atomic mass is 10.1. The maximum Gasteiger partial charge on any atom is 0.417 e. The number of ether oxygens (including phenoxy) is 2. The molecule has 9 heteroatoms. The average Bonchev–Trinajstić information content (AvgIpc) is 2.98. The summed E-state index contributed by atoms with van der Waals surface area (Å²) in [6.45, 7) is 2.01. The van der Waals surface area contributed by atoms with Crippen molar-refractivity contribution < 1.29 is 27.4 Å². The SMILES string of the molecule is COc1cccc(C(=O)N2CCCN(c3ccc(C(F)(F)F)cn3)CC2)c1OC. The van der Waals surface area contributed by atoms with Crippen molar-refractivity contribution in [2.24, 2.45) is 0 Å². The highest BCUT2D eigenvalue weighted by Gasteiger charge is 2.31. The summed E-state index contributed by atoms with van der Waals surface area (Å²) in [5.74, 6) is 1.14. The lowest BCUT2D eigenvalue weighted by Gasteiger charge is -2.24. The van der Waals surface area contributed by atoms with Crippen LogP contribution in [0.2, 0.25) is 0 Å². The van der Waals surface area contributed by atoms with Crippen LogP contribution in [0.4, 0.5) is 19.0 Å². The molecule has 3 rings (SSSR count). The van der Waals surface area contributed by atoms with E-state index in [4.69, 9.17) is 9.47 Å². The van der Waals surface area contributed by atoms with Crippen molar-refractivity contribution in [2.75, 3.05) is 45.3 Å². The summed E-state index contributed by atoms with van der Waals surface area (Å²) in [7, 11) is 2.99. The summed E-state index contributed by atoms with van der Waals surface area (Å²) >= 11 is 0. The van der Waals surface area contributed by atoms with Gasteiger partial charge in [0.05, 0.1) is 25.3 Å². The maximum absolute atomic E-state index is 13.0. The predicted molar refractivity (Wildman–Crippen MR) is 102 cm³/mol. The van der Waals surface area contributed by atoms with Gasteiger partial charge in [-0.25, -0.2) is 4.98 Å². The van der Waals surface area contributed by atoms with Gasteiger partial charge in [0, 0.05) is 32.4 Å². The molecule has 2 aromatic rings. The van der Waals surface area contributed by atoms with E-state index in [-0.39, 0.29) is 5.91 Å². The summed E-state index contributed by atoms with van der Waals surface area (Å²) < 4.78 is 48.8. The molecule has 6 nitrogen and oxygen atoms in total. The van der Waals surface area contributed by atoms with E-state index in [1.54, 1.807) is 23.1 Å². The molecular formula is C20H22F3N3O3. The van der Waals surface area contributed by atoms with Gasteiger partial charge >= 0.3 is 6.18 Å². The first-order valence-electron chi connectivity index (χ1n) is 9.13. The zero-order valence-electron chi connectivity index (χ0n) is 16.2. The number of anilines is 1. The minimum Gasteiger partial charge on any atom is -0.493 e. The number of carbonyl (C=O) groups is 1. The zero-order chi connectivity index (χ0) is 21.0. The van der Waals surface area contributed by atoms with E-state index < -0.39 is 11.7 Å². The fourth-order valence-corrected chi connectivity index (χ4v) is 3.32. The number of carbonyl (C=O) groups excluding carboxylic acids is 1. The Bertz CT molecular complexity index is 856. The Morgan fingerprint density at radius 3 is 2.45 bits per heavy atom. The summed E-state index contributed by atoms with van der Waals surface area (Å²) in [4.78, 5) is 20.6. The third-order valence-corrected chi connectivity index (χ3v) is 4.82. The molecule has 0 spiro atoms. The molecule has 0 unspecified atom stereocenters. The van der Waals surface area contributed by atoms with Gasteiger partial charge in [0.2, 0.25) is 0 Å². The Labute approximate surface area is 166 Å². The number of alkyl halides is 3. The topological polar surface area (TPSA) is 54.9 Å². The molecule has 0 radical (unpaired) electrons. The number of pyridine rings is 1. The van der Waals surface area contributed by atoms with Gasteiger partial charge < -0.3 is 19.3 Å². The first-order chi connectivity index (χ1) is 13.8. The molecule has 1 saturated heterocycles. The second kappa shape index (κ2) is 8.59. The van der Waals surface area contributed by atoms with E-state index >= 15 is 0 Å². The number of para-hydroxylation sites is 1. The minimum absolute atomic E-state index is 0.178. The van der Waals surface area contributed by atoms with Crippen LogP contribution in [0.5, 0.6) is 11.5 Å². The van der Waals surface area contributed by atoms with Crippen LogP contribution in [-0.4, -0.2) is 56.2 Å². The van der Waals surface area contributed by atoms with Crippen LogP contribution in [0, 0.1) is 0 Å². The molecule has 1 amide bonds. The third-order valence-electron chi connectivity index (χ3n) is 4.82. The standard InChI is InChI=1S/C20H22F3N3O3/c1-28-16-6-3-5-15(18(16)29-2)19(27)26-10-4-9-25(11-12-26)17-8-7-14(13-24-17)20(21,22)23/h3,5-8,13H,4,9-12H2,1-2H3. The van der Waals surface area contributed by atoms with Crippen LogP contribution in [0.25, 0.3) is 0 Å². The van der Waals surface area contributed by atoms with Crippen LogP contribution in [-0.2, 0) is 6.18 Å². The van der Waals surface area contributed by atoms with Crippen LogP contribution >= 0.6 is 0 Å². The summed E-state index contributed by atoms with van der Waals surface area (Å²) in [6, 6.07) is 7.52. The van der Waals surface area contributed by atoms with E-state index in [9.17, 15) is 18.0 Å². The van der Waals surface area contributed by atoms with Gasteiger partial charge in [-0.05, 0) is 30.7 Å². The lowest BCUT2D eigenvalue weighted by molar-refractivity contribution is -0.137. The monoisotopic (exact) mass is 409 g/mol. The Morgan fingerprint density at radius 2 is 1.83 bits per heavy atom. The largest absolute Gasteiger partial charge is 0.493 e. The number of rotatable bonds is 4.